The molecule has 4 nitrogen and oxygen atoms in total. The van der Waals surface area contributed by atoms with Gasteiger partial charge in [-0.25, -0.2) is 9.97 Å². The summed E-state index contributed by atoms with van der Waals surface area (Å²) >= 11 is 0. The van der Waals surface area contributed by atoms with Gasteiger partial charge in [-0.2, -0.15) is 0 Å². The van der Waals surface area contributed by atoms with Gasteiger partial charge in [0, 0.05) is 29.4 Å². The quantitative estimate of drug-likeness (QED) is 0.857. The molecule has 0 aliphatic carbocycles. The summed E-state index contributed by atoms with van der Waals surface area (Å²) in [7, 11) is 0. The Labute approximate surface area is 101 Å². The summed E-state index contributed by atoms with van der Waals surface area (Å²) in [4.78, 5) is 12.9. The van der Waals surface area contributed by atoms with Crippen LogP contribution in [-0.4, -0.2) is 15.0 Å². The number of rotatable bonds is 2. The monoisotopic (exact) mass is 228 g/mol. The molecule has 0 fully saturated rings. The van der Waals surface area contributed by atoms with Crippen molar-refractivity contribution in [2.24, 2.45) is 0 Å². The van der Waals surface area contributed by atoms with Crippen LogP contribution in [0.15, 0.2) is 24.5 Å². The van der Waals surface area contributed by atoms with Gasteiger partial charge in [-0.1, -0.05) is 13.8 Å². The topological polar surface area (TPSA) is 64.7 Å². The molecule has 17 heavy (non-hydrogen) atoms. The van der Waals surface area contributed by atoms with Crippen molar-refractivity contribution in [2.45, 2.75) is 26.7 Å². The van der Waals surface area contributed by atoms with Crippen molar-refractivity contribution in [1.82, 2.24) is 15.0 Å². The molecule has 0 saturated carbocycles. The SMILES string of the molecule is Cc1c(N)nc(C(C)C)nc1-c1ccncc1. The largest absolute Gasteiger partial charge is 0.383 e. The maximum atomic E-state index is 5.93. The number of hydrogen-bond acceptors (Lipinski definition) is 4. The fraction of sp³-hybridized carbons (Fsp3) is 0.308. The van der Waals surface area contributed by atoms with Gasteiger partial charge >= 0.3 is 0 Å². The van der Waals surface area contributed by atoms with Crippen LogP contribution in [0.25, 0.3) is 11.3 Å². The van der Waals surface area contributed by atoms with E-state index in [1.165, 1.54) is 0 Å². The van der Waals surface area contributed by atoms with Crippen molar-refractivity contribution in [3.05, 3.63) is 35.9 Å². The predicted octanol–water partition coefficient (Wildman–Crippen LogP) is 2.55. The molecule has 2 N–H and O–H groups in total. The fourth-order valence-corrected chi connectivity index (χ4v) is 1.60. The molecule has 2 aromatic rings. The molecule has 0 aliphatic heterocycles. The first-order valence-electron chi connectivity index (χ1n) is 5.64. The van der Waals surface area contributed by atoms with Crippen LogP contribution in [0.3, 0.4) is 0 Å². The van der Waals surface area contributed by atoms with Gasteiger partial charge in [-0.05, 0) is 19.1 Å². The van der Waals surface area contributed by atoms with Crippen LogP contribution in [0.2, 0.25) is 0 Å². The highest BCUT2D eigenvalue weighted by Crippen LogP contribution is 2.25. The highest BCUT2D eigenvalue weighted by Gasteiger charge is 2.12. The Morgan fingerprint density at radius 1 is 1.12 bits per heavy atom. The lowest BCUT2D eigenvalue weighted by molar-refractivity contribution is 0.776. The minimum absolute atomic E-state index is 0.262. The van der Waals surface area contributed by atoms with Crippen LogP contribution in [0.1, 0.15) is 31.2 Å². The number of hydrogen-bond donors (Lipinski definition) is 1. The van der Waals surface area contributed by atoms with E-state index in [1.807, 2.05) is 19.1 Å². The molecule has 2 heterocycles. The first kappa shape index (κ1) is 11.5. The minimum Gasteiger partial charge on any atom is -0.383 e. The van der Waals surface area contributed by atoms with Gasteiger partial charge in [0.25, 0.3) is 0 Å². The Hall–Kier alpha value is -1.97. The van der Waals surface area contributed by atoms with Gasteiger partial charge in [0.1, 0.15) is 11.6 Å². The minimum atomic E-state index is 0.262. The van der Waals surface area contributed by atoms with E-state index in [-0.39, 0.29) is 5.92 Å². The normalized spacial score (nSPS) is 10.8. The van der Waals surface area contributed by atoms with Gasteiger partial charge in [-0.15, -0.1) is 0 Å². The number of nitrogens with two attached hydrogens (primary N) is 1. The van der Waals surface area contributed by atoms with E-state index in [9.17, 15) is 0 Å². The highest BCUT2D eigenvalue weighted by atomic mass is 15.0. The lowest BCUT2D eigenvalue weighted by atomic mass is 10.1. The molecule has 0 spiro atoms. The van der Waals surface area contributed by atoms with Gasteiger partial charge in [0.2, 0.25) is 0 Å². The van der Waals surface area contributed by atoms with Crippen LogP contribution in [0.5, 0.6) is 0 Å². The molecule has 0 aliphatic rings. The molecule has 2 rings (SSSR count). The zero-order valence-corrected chi connectivity index (χ0v) is 10.3. The third-order valence-corrected chi connectivity index (χ3v) is 2.67. The Bertz CT molecular complexity index is 520. The fourth-order valence-electron chi connectivity index (χ4n) is 1.60. The van der Waals surface area contributed by atoms with Gasteiger partial charge in [-0.3, -0.25) is 4.98 Å². The van der Waals surface area contributed by atoms with Crippen molar-refractivity contribution in [2.75, 3.05) is 5.73 Å². The second-order valence-electron chi connectivity index (χ2n) is 4.33. The molecule has 4 heteroatoms. The van der Waals surface area contributed by atoms with E-state index in [2.05, 4.69) is 28.8 Å². The van der Waals surface area contributed by atoms with Crippen molar-refractivity contribution < 1.29 is 0 Å². The van der Waals surface area contributed by atoms with E-state index in [1.54, 1.807) is 12.4 Å². The summed E-state index contributed by atoms with van der Waals surface area (Å²) in [6.07, 6.45) is 3.50. The van der Waals surface area contributed by atoms with E-state index in [0.29, 0.717) is 5.82 Å². The summed E-state index contributed by atoms with van der Waals surface area (Å²) in [5, 5.41) is 0. The molecule has 0 aromatic carbocycles. The maximum absolute atomic E-state index is 5.93. The van der Waals surface area contributed by atoms with Gasteiger partial charge < -0.3 is 5.73 Å². The van der Waals surface area contributed by atoms with Gasteiger partial charge in [0.15, 0.2) is 0 Å². The predicted molar refractivity (Wildman–Crippen MR) is 68.5 cm³/mol. The maximum Gasteiger partial charge on any atom is 0.133 e. The lowest BCUT2D eigenvalue weighted by Gasteiger charge is -2.11. The third-order valence-electron chi connectivity index (χ3n) is 2.67. The summed E-state index contributed by atoms with van der Waals surface area (Å²) in [5.41, 5.74) is 8.76. The Kier molecular flexibility index (Phi) is 3.04. The molecule has 0 radical (unpaired) electrons. The zero-order valence-electron chi connectivity index (χ0n) is 10.3. The highest BCUT2D eigenvalue weighted by molar-refractivity contribution is 5.66. The van der Waals surface area contributed by atoms with Crippen LogP contribution in [0, 0.1) is 6.92 Å². The second kappa shape index (κ2) is 4.49. The number of pyridine rings is 1. The molecule has 88 valence electrons. The Morgan fingerprint density at radius 2 is 1.76 bits per heavy atom. The van der Waals surface area contributed by atoms with E-state index in [4.69, 9.17) is 5.73 Å². The van der Waals surface area contributed by atoms with E-state index in [0.717, 1.165) is 22.6 Å². The first-order chi connectivity index (χ1) is 8.09. The van der Waals surface area contributed by atoms with E-state index >= 15 is 0 Å². The van der Waals surface area contributed by atoms with Crippen molar-refractivity contribution in [1.29, 1.82) is 0 Å². The van der Waals surface area contributed by atoms with Gasteiger partial charge in [0.05, 0.1) is 5.69 Å². The standard InChI is InChI=1S/C13H16N4/c1-8(2)13-16-11(9(3)12(14)17-13)10-4-6-15-7-5-10/h4-8H,1-3H3,(H2,14,16,17). The van der Waals surface area contributed by atoms with Crippen molar-refractivity contribution in [3.63, 3.8) is 0 Å². The smallest absolute Gasteiger partial charge is 0.133 e. The van der Waals surface area contributed by atoms with Crippen molar-refractivity contribution in [3.8, 4) is 11.3 Å². The number of aromatic nitrogens is 3. The molecule has 0 bridgehead atoms. The molecule has 0 amide bonds. The Morgan fingerprint density at radius 3 is 2.35 bits per heavy atom. The summed E-state index contributed by atoms with van der Waals surface area (Å²) in [6.45, 7) is 6.05. The molecule has 0 unspecified atom stereocenters. The number of nitrogens with zero attached hydrogens (tertiary/aromatic N) is 3. The molecular weight excluding hydrogens is 212 g/mol. The summed E-state index contributed by atoms with van der Waals surface area (Å²) in [5.74, 6) is 1.59. The second-order valence-corrected chi connectivity index (χ2v) is 4.33. The van der Waals surface area contributed by atoms with Crippen LogP contribution in [0.4, 0.5) is 5.82 Å². The average molecular weight is 228 g/mol. The van der Waals surface area contributed by atoms with Crippen LogP contribution >= 0.6 is 0 Å². The Balaban J connectivity index is 2.61. The molecule has 0 saturated heterocycles. The number of anilines is 1. The van der Waals surface area contributed by atoms with Crippen LogP contribution < -0.4 is 5.73 Å². The van der Waals surface area contributed by atoms with E-state index < -0.39 is 0 Å². The molecule has 2 aromatic heterocycles. The van der Waals surface area contributed by atoms with Crippen LogP contribution in [-0.2, 0) is 0 Å². The lowest BCUT2D eigenvalue weighted by Crippen LogP contribution is -2.06. The molecular formula is C13H16N4. The average Bonchev–Trinajstić information content (AvgIpc) is 2.33. The first-order valence-corrected chi connectivity index (χ1v) is 5.64. The third kappa shape index (κ3) is 2.25. The zero-order chi connectivity index (χ0) is 12.4. The number of nitrogen functional groups attached to an aromatic ring is 1. The molecule has 0 atom stereocenters. The summed E-state index contributed by atoms with van der Waals surface area (Å²) < 4.78 is 0. The summed E-state index contributed by atoms with van der Waals surface area (Å²) in [6, 6.07) is 3.86. The van der Waals surface area contributed by atoms with Crippen molar-refractivity contribution >= 4 is 5.82 Å².